The van der Waals surface area contributed by atoms with E-state index >= 15 is 0 Å². The predicted octanol–water partition coefficient (Wildman–Crippen LogP) is 1.87. The Morgan fingerprint density at radius 1 is 0.941 bits per heavy atom. The van der Waals surface area contributed by atoms with Crippen LogP contribution in [-0.2, 0) is 4.79 Å². The van der Waals surface area contributed by atoms with Crippen molar-refractivity contribution in [2.75, 3.05) is 20.1 Å². The van der Waals surface area contributed by atoms with Gasteiger partial charge in [-0.05, 0) is 52.1 Å². The molecule has 0 aromatic heterocycles. The van der Waals surface area contributed by atoms with Crippen molar-refractivity contribution in [1.82, 2.24) is 9.80 Å². The van der Waals surface area contributed by atoms with E-state index < -0.39 is 0 Å². The van der Waals surface area contributed by atoms with Gasteiger partial charge in [-0.15, -0.1) is 0 Å². The van der Waals surface area contributed by atoms with E-state index in [4.69, 9.17) is 0 Å². The highest BCUT2D eigenvalue weighted by molar-refractivity contribution is 5.80. The van der Waals surface area contributed by atoms with E-state index in [0.29, 0.717) is 23.9 Å². The molecule has 0 spiro atoms. The van der Waals surface area contributed by atoms with Gasteiger partial charge >= 0.3 is 0 Å². The minimum atomic E-state index is 0.377. The van der Waals surface area contributed by atoms with Gasteiger partial charge in [0, 0.05) is 24.5 Å². The van der Waals surface area contributed by atoms with Crippen LogP contribution in [0.15, 0.2) is 0 Å². The van der Waals surface area contributed by atoms with Gasteiger partial charge in [0.05, 0.1) is 0 Å². The van der Waals surface area contributed by atoms with Gasteiger partial charge in [-0.1, -0.05) is 6.42 Å². The Morgan fingerprint density at radius 3 is 2.24 bits per heavy atom. The number of hydrogen-bond donors (Lipinski definition) is 0. The second kappa shape index (κ2) is 4.60. The molecule has 3 rings (SSSR count). The Kier molecular flexibility index (Phi) is 3.12. The molecule has 0 aromatic carbocycles. The third-order valence-corrected chi connectivity index (χ3v) is 5.06. The minimum Gasteiger partial charge on any atom is -0.338 e. The molecular formula is C14H24N2O. The molecule has 0 N–H and O–H groups in total. The highest BCUT2D eigenvalue weighted by atomic mass is 16.2. The first-order valence-corrected chi connectivity index (χ1v) is 7.28. The lowest BCUT2D eigenvalue weighted by Crippen LogP contribution is -2.49. The van der Waals surface area contributed by atoms with E-state index in [0.717, 1.165) is 19.4 Å². The Balaban J connectivity index is 1.68. The number of rotatable bonds is 2. The van der Waals surface area contributed by atoms with Gasteiger partial charge < -0.3 is 9.80 Å². The first-order valence-electron chi connectivity index (χ1n) is 7.28. The van der Waals surface area contributed by atoms with Gasteiger partial charge in [-0.3, -0.25) is 4.79 Å². The summed E-state index contributed by atoms with van der Waals surface area (Å²) in [5.41, 5.74) is 0. The van der Waals surface area contributed by atoms with Gasteiger partial charge in [-0.25, -0.2) is 0 Å². The summed E-state index contributed by atoms with van der Waals surface area (Å²) in [5, 5.41) is 0. The molecule has 2 saturated heterocycles. The van der Waals surface area contributed by atoms with Gasteiger partial charge in [0.15, 0.2) is 0 Å². The van der Waals surface area contributed by atoms with Crippen molar-refractivity contribution < 1.29 is 4.79 Å². The van der Waals surface area contributed by atoms with Crippen molar-refractivity contribution in [3.05, 3.63) is 0 Å². The van der Waals surface area contributed by atoms with Gasteiger partial charge in [-0.2, -0.15) is 0 Å². The number of amides is 1. The highest BCUT2D eigenvalue weighted by Crippen LogP contribution is 2.34. The molecule has 0 radical (unpaired) electrons. The highest BCUT2D eigenvalue weighted by Gasteiger charge is 2.41. The van der Waals surface area contributed by atoms with E-state index in [1.165, 1.54) is 38.6 Å². The van der Waals surface area contributed by atoms with Crippen LogP contribution in [0, 0.1) is 5.92 Å². The molecule has 96 valence electrons. The average Bonchev–Trinajstić information content (AvgIpc) is 2.82. The number of carbonyl (C=O) groups excluding carboxylic acids is 1. The fraction of sp³-hybridized carbons (Fsp3) is 0.929. The summed E-state index contributed by atoms with van der Waals surface area (Å²) >= 11 is 0. The Bertz CT molecular complexity index is 301. The number of nitrogens with zero attached hydrogens (tertiary/aromatic N) is 2. The largest absolute Gasteiger partial charge is 0.338 e. The van der Waals surface area contributed by atoms with Crippen LogP contribution in [0.3, 0.4) is 0 Å². The molecule has 1 aliphatic carbocycles. The lowest BCUT2D eigenvalue weighted by atomic mass is 9.84. The summed E-state index contributed by atoms with van der Waals surface area (Å²) in [4.78, 5) is 17.1. The topological polar surface area (TPSA) is 23.6 Å². The van der Waals surface area contributed by atoms with Gasteiger partial charge in [0.25, 0.3) is 0 Å². The Morgan fingerprint density at radius 2 is 1.65 bits per heavy atom. The molecule has 0 bridgehead atoms. The summed E-state index contributed by atoms with van der Waals surface area (Å²) in [6, 6.07) is 1.16. The maximum Gasteiger partial charge on any atom is 0.225 e. The molecular weight excluding hydrogens is 212 g/mol. The van der Waals surface area contributed by atoms with E-state index in [1.807, 2.05) is 0 Å². The van der Waals surface area contributed by atoms with Crippen molar-refractivity contribution in [3.63, 3.8) is 0 Å². The standard InChI is InChI=1S/C14H24N2O/c1-15-9-3-7-12(15)13-8-4-10-16(13)14(17)11-5-2-6-11/h11-13H,2-10H2,1H3. The summed E-state index contributed by atoms with van der Waals surface area (Å²) in [7, 11) is 2.22. The SMILES string of the molecule is CN1CCCC1C1CCCN1C(=O)C1CCC1. The van der Waals surface area contributed by atoms with Crippen LogP contribution in [0.4, 0.5) is 0 Å². The van der Waals surface area contributed by atoms with Crippen molar-refractivity contribution in [3.8, 4) is 0 Å². The zero-order valence-corrected chi connectivity index (χ0v) is 10.9. The third-order valence-electron chi connectivity index (χ3n) is 5.06. The number of carbonyl (C=O) groups is 1. The number of hydrogen-bond acceptors (Lipinski definition) is 2. The van der Waals surface area contributed by atoms with Gasteiger partial charge in [0.1, 0.15) is 0 Å². The summed E-state index contributed by atoms with van der Waals surface area (Å²) < 4.78 is 0. The first kappa shape index (κ1) is 11.5. The second-order valence-corrected chi connectivity index (χ2v) is 6.06. The van der Waals surface area contributed by atoms with Crippen LogP contribution in [0.2, 0.25) is 0 Å². The van der Waals surface area contributed by atoms with Crippen LogP contribution < -0.4 is 0 Å². The molecule has 2 aliphatic heterocycles. The van der Waals surface area contributed by atoms with E-state index in [1.54, 1.807) is 0 Å². The van der Waals surface area contributed by atoms with Crippen molar-refractivity contribution in [1.29, 1.82) is 0 Å². The Hall–Kier alpha value is -0.570. The second-order valence-electron chi connectivity index (χ2n) is 6.06. The van der Waals surface area contributed by atoms with Crippen molar-refractivity contribution >= 4 is 5.91 Å². The quantitative estimate of drug-likeness (QED) is 0.731. The zero-order valence-electron chi connectivity index (χ0n) is 10.9. The molecule has 3 aliphatic rings. The number of likely N-dealkylation sites (N-methyl/N-ethyl adjacent to an activating group) is 1. The monoisotopic (exact) mass is 236 g/mol. The van der Waals surface area contributed by atoms with E-state index in [9.17, 15) is 4.79 Å². The van der Waals surface area contributed by atoms with Crippen LogP contribution in [0.5, 0.6) is 0 Å². The smallest absolute Gasteiger partial charge is 0.225 e. The fourth-order valence-corrected chi connectivity index (χ4v) is 3.78. The molecule has 17 heavy (non-hydrogen) atoms. The lowest BCUT2D eigenvalue weighted by Gasteiger charge is -2.37. The predicted molar refractivity (Wildman–Crippen MR) is 67.7 cm³/mol. The Labute approximate surface area is 104 Å². The maximum atomic E-state index is 12.4. The van der Waals surface area contributed by atoms with E-state index in [2.05, 4.69) is 16.8 Å². The maximum absolute atomic E-state index is 12.4. The first-order chi connectivity index (χ1) is 8.27. The van der Waals surface area contributed by atoms with Crippen LogP contribution >= 0.6 is 0 Å². The molecule has 3 heteroatoms. The number of likely N-dealkylation sites (tertiary alicyclic amines) is 2. The normalized spacial score (nSPS) is 35.2. The molecule has 1 amide bonds. The molecule has 3 fully saturated rings. The molecule has 2 unspecified atom stereocenters. The lowest BCUT2D eigenvalue weighted by molar-refractivity contribution is -0.140. The average molecular weight is 236 g/mol. The minimum absolute atomic E-state index is 0.377. The van der Waals surface area contributed by atoms with Crippen molar-refractivity contribution in [2.45, 2.75) is 57.0 Å². The fourth-order valence-electron chi connectivity index (χ4n) is 3.78. The zero-order chi connectivity index (χ0) is 11.8. The van der Waals surface area contributed by atoms with Gasteiger partial charge in [0.2, 0.25) is 5.91 Å². The molecule has 1 saturated carbocycles. The van der Waals surface area contributed by atoms with Crippen LogP contribution in [0.1, 0.15) is 44.9 Å². The van der Waals surface area contributed by atoms with Crippen LogP contribution in [0.25, 0.3) is 0 Å². The summed E-state index contributed by atoms with van der Waals surface area (Å²) in [6.07, 6.45) is 8.59. The molecule has 3 nitrogen and oxygen atoms in total. The third kappa shape index (κ3) is 1.99. The summed E-state index contributed by atoms with van der Waals surface area (Å²) in [5.74, 6) is 0.848. The van der Waals surface area contributed by atoms with Crippen LogP contribution in [-0.4, -0.2) is 47.9 Å². The van der Waals surface area contributed by atoms with Crippen molar-refractivity contribution in [2.24, 2.45) is 5.92 Å². The molecule has 0 aromatic rings. The molecule has 2 atom stereocenters. The van der Waals surface area contributed by atoms with E-state index in [-0.39, 0.29) is 0 Å². The summed E-state index contributed by atoms with van der Waals surface area (Å²) in [6.45, 7) is 2.23. The molecule has 2 heterocycles.